The molecular formula is C18H15F2N3O4. The number of carbonyl (C=O) groups excluding carboxylic acids is 2. The van der Waals surface area contributed by atoms with E-state index in [2.05, 4.69) is 10.4 Å². The molecule has 1 aromatic carbocycles. The van der Waals surface area contributed by atoms with E-state index in [9.17, 15) is 18.4 Å². The number of amides is 1. The molecule has 1 N–H and O–H groups in total. The summed E-state index contributed by atoms with van der Waals surface area (Å²) >= 11 is 0. The van der Waals surface area contributed by atoms with E-state index in [0.29, 0.717) is 18.4 Å². The fourth-order valence-corrected chi connectivity index (χ4v) is 2.22. The van der Waals surface area contributed by atoms with Crippen LogP contribution in [-0.4, -0.2) is 27.8 Å². The van der Waals surface area contributed by atoms with E-state index in [4.69, 9.17) is 9.15 Å². The molecule has 0 fully saturated rings. The van der Waals surface area contributed by atoms with Crippen molar-refractivity contribution in [1.29, 1.82) is 0 Å². The zero-order valence-electron chi connectivity index (χ0n) is 14.2. The van der Waals surface area contributed by atoms with Gasteiger partial charge < -0.3 is 14.5 Å². The molecule has 3 aromatic rings. The largest absolute Gasteiger partial charge is 0.452 e. The summed E-state index contributed by atoms with van der Waals surface area (Å²) in [5, 5.41) is 6.25. The van der Waals surface area contributed by atoms with E-state index in [-0.39, 0.29) is 11.4 Å². The quantitative estimate of drug-likeness (QED) is 0.670. The van der Waals surface area contributed by atoms with Crippen molar-refractivity contribution in [2.24, 2.45) is 0 Å². The number of furan rings is 1. The molecule has 2 aromatic heterocycles. The Labute approximate surface area is 152 Å². The first kappa shape index (κ1) is 18.3. The maximum atomic E-state index is 13.6. The van der Waals surface area contributed by atoms with Gasteiger partial charge in [0, 0.05) is 18.5 Å². The smallest absolute Gasteiger partial charge is 0.375 e. The van der Waals surface area contributed by atoms with Gasteiger partial charge in [-0.1, -0.05) is 0 Å². The van der Waals surface area contributed by atoms with Gasteiger partial charge in [-0.3, -0.25) is 9.48 Å². The molecule has 2 heterocycles. The Morgan fingerprint density at radius 3 is 2.81 bits per heavy atom. The molecule has 0 saturated heterocycles. The van der Waals surface area contributed by atoms with Gasteiger partial charge in [-0.15, -0.1) is 0 Å². The number of benzene rings is 1. The van der Waals surface area contributed by atoms with Crippen molar-refractivity contribution in [2.75, 3.05) is 5.32 Å². The Morgan fingerprint density at radius 2 is 2.11 bits per heavy atom. The van der Waals surface area contributed by atoms with Gasteiger partial charge in [0.05, 0.1) is 12.2 Å². The predicted molar refractivity (Wildman–Crippen MR) is 89.9 cm³/mol. The lowest BCUT2D eigenvalue weighted by Gasteiger charge is -2.13. The summed E-state index contributed by atoms with van der Waals surface area (Å²) in [6.45, 7) is 1.66. The second-order valence-corrected chi connectivity index (χ2v) is 5.63. The van der Waals surface area contributed by atoms with Crippen molar-refractivity contribution in [2.45, 2.75) is 19.6 Å². The second-order valence-electron chi connectivity index (χ2n) is 5.63. The molecule has 0 spiro atoms. The summed E-state index contributed by atoms with van der Waals surface area (Å²) < 4.78 is 38.5. The standard InChI is InChI=1S/C18H15F2N3O4/c1-11(17(24)22-15-5-3-12(19)9-14(15)20)26-18(25)16-6-4-13(27-16)10-23-8-2-7-21-23/h2-9,11H,10H2,1H3,(H,22,24). The fraction of sp³-hybridized carbons (Fsp3) is 0.167. The third-order valence-corrected chi connectivity index (χ3v) is 3.58. The van der Waals surface area contributed by atoms with Crippen LogP contribution >= 0.6 is 0 Å². The molecule has 7 nitrogen and oxygen atoms in total. The number of anilines is 1. The van der Waals surface area contributed by atoms with Crippen LogP contribution < -0.4 is 5.32 Å². The van der Waals surface area contributed by atoms with Crippen molar-refractivity contribution in [3.8, 4) is 0 Å². The highest BCUT2D eigenvalue weighted by Gasteiger charge is 2.22. The number of halogens is 2. The minimum absolute atomic E-state index is 0.0789. The van der Waals surface area contributed by atoms with Gasteiger partial charge in [0.2, 0.25) is 5.76 Å². The van der Waals surface area contributed by atoms with Crippen molar-refractivity contribution >= 4 is 17.6 Å². The normalized spacial score (nSPS) is 11.8. The topological polar surface area (TPSA) is 86.4 Å². The monoisotopic (exact) mass is 375 g/mol. The molecule has 0 radical (unpaired) electrons. The number of nitrogens with one attached hydrogen (secondary N) is 1. The van der Waals surface area contributed by atoms with Gasteiger partial charge in [0.25, 0.3) is 5.91 Å². The lowest BCUT2D eigenvalue weighted by atomic mass is 10.2. The molecule has 0 saturated carbocycles. The third-order valence-electron chi connectivity index (χ3n) is 3.58. The van der Waals surface area contributed by atoms with Crippen LogP contribution in [0.3, 0.4) is 0 Å². The van der Waals surface area contributed by atoms with E-state index in [1.54, 1.807) is 29.2 Å². The molecule has 1 unspecified atom stereocenters. The first-order chi connectivity index (χ1) is 12.9. The molecule has 1 atom stereocenters. The molecule has 1 amide bonds. The van der Waals surface area contributed by atoms with Crippen LogP contribution in [0.1, 0.15) is 23.2 Å². The lowest BCUT2D eigenvalue weighted by Crippen LogP contribution is -2.30. The summed E-state index contributed by atoms with van der Waals surface area (Å²) in [4.78, 5) is 24.1. The molecule has 0 aliphatic heterocycles. The summed E-state index contributed by atoms with van der Waals surface area (Å²) in [7, 11) is 0. The molecule has 0 aliphatic carbocycles. The molecule has 0 bridgehead atoms. The predicted octanol–water partition coefficient (Wildman–Crippen LogP) is 2.99. The van der Waals surface area contributed by atoms with Crippen molar-refractivity contribution in [3.05, 3.63) is 71.9 Å². The van der Waals surface area contributed by atoms with E-state index in [1.165, 1.54) is 13.0 Å². The third kappa shape index (κ3) is 4.57. The van der Waals surface area contributed by atoms with Gasteiger partial charge >= 0.3 is 5.97 Å². The number of aromatic nitrogens is 2. The molecular weight excluding hydrogens is 360 g/mol. The number of hydrogen-bond donors (Lipinski definition) is 1. The van der Waals surface area contributed by atoms with E-state index < -0.39 is 29.6 Å². The second kappa shape index (κ2) is 7.81. The Balaban J connectivity index is 1.58. The first-order valence-corrected chi connectivity index (χ1v) is 7.95. The van der Waals surface area contributed by atoms with E-state index in [0.717, 1.165) is 12.1 Å². The van der Waals surface area contributed by atoms with E-state index >= 15 is 0 Å². The first-order valence-electron chi connectivity index (χ1n) is 7.95. The number of esters is 1. The summed E-state index contributed by atoms with van der Waals surface area (Å²) in [6.07, 6.45) is 2.13. The van der Waals surface area contributed by atoms with E-state index in [1.807, 2.05) is 0 Å². The fourth-order valence-electron chi connectivity index (χ4n) is 2.22. The Kier molecular flexibility index (Phi) is 5.30. The maximum Gasteiger partial charge on any atom is 0.375 e. The van der Waals surface area contributed by atoms with Crippen molar-refractivity contribution in [3.63, 3.8) is 0 Å². The summed E-state index contributed by atoms with van der Waals surface area (Å²) in [5.74, 6) is -2.91. The van der Waals surface area contributed by atoms with Gasteiger partial charge in [0.1, 0.15) is 17.4 Å². The Hall–Kier alpha value is -3.49. The minimum Gasteiger partial charge on any atom is -0.452 e. The highest BCUT2D eigenvalue weighted by Crippen LogP contribution is 2.16. The molecule has 3 rings (SSSR count). The Bertz CT molecular complexity index is 953. The molecule has 9 heteroatoms. The number of hydrogen-bond acceptors (Lipinski definition) is 5. The Morgan fingerprint density at radius 1 is 1.30 bits per heavy atom. The molecule has 0 aliphatic rings. The maximum absolute atomic E-state index is 13.6. The lowest BCUT2D eigenvalue weighted by molar-refractivity contribution is -0.123. The summed E-state index contributed by atoms with van der Waals surface area (Å²) in [6, 6.07) is 7.48. The van der Waals surface area contributed by atoms with Gasteiger partial charge in [-0.05, 0) is 37.3 Å². The molecule has 27 heavy (non-hydrogen) atoms. The van der Waals surface area contributed by atoms with Crippen molar-refractivity contribution < 1.29 is 27.5 Å². The minimum atomic E-state index is -1.22. The number of rotatable bonds is 6. The van der Waals surface area contributed by atoms with Gasteiger partial charge in [-0.25, -0.2) is 13.6 Å². The van der Waals surface area contributed by atoms with Gasteiger partial charge in [-0.2, -0.15) is 5.10 Å². The summed E-state index contributed by atoms with van der Waals surface area (Å²) in [5.41, 5.74) is -0.219. The highest BCUT2D eigenvalue weighted by molar-refractivity contribution is 5.96. The molecule has 140 valence electrons. The van der Waals surface area contributed by atoms with Crippen LogP contribution in [-0.2, 0) is 16.1 Å². The average Bonchev–Trinajstić information content (AvgIpc) is 3.29. The van der Waals surface area contributed by atoms with Crippen LogP contribution in [0, 0.1) is 11.6 Å². The van der Waals surface area contributed by atoms with Crippen molar-refractivity contribution in [1.82, 2.24) is 9.78 Å². The van der Waals surface area contributed by atoms with Crippen LogP contribution in [0.5, 0.6) is 0 Å². The SMILES string of the molecule is CC(OC(=O)c1ccc(Cn2cccn2)o1)C(=O)Nc1ccc(F)cc1F. The number of ether oxygens (including phenoxy) is 1. The zero-order chi connectivity index (χ0) is 19.4. The number of nitrogens with zero attached hydrogens (tertiary/aromatic N) is 2. The van der Waals surface area contributed by atoms with Crippen LogP contribution in [0.25, 0.3) is 0 Å². The van der Waals surface area contributed by atoms with Crippen LogP contribution in [0.2, 0.25) is 0 Å². The zero-order valence-corrected chi connectivity index (χ0v) is 14.2. The van der Waals surface area contributed by atoms with Crippen LogP contribution in [0.4, 0.5) is 14.5 Å². The highest BCUT2D eigenvalue weighted by atomic mass is 19.1. The number of carbonyl (C=O) groups is 2. The van der Waals surface area contributed by atoms with Crippen LogP contribution in [0.15, 0.2) is 53.2 Å². The average molecular weight is 375 g/mol. The van der Waals surface area contributed by atoms with Gasteiger partial charge in [0.15, 0.2) is 6.10 Å².